The Morgan fingerprint density at radius 1 is 1.43 bits per heavy atom. The minimum atomic E-state index is -0.522. The summed E-state index contributed by atoms with van der Waals surface area (Å²) in [5, 5.41) is 5.95. The second-order valence-corrected chi connectivity index (χ2v) is 6.17. The Morgan fingerprint density at radius 2 is 2.17 bits per heavy atom. The van der Waals surface area contributed by atoms with E-state index in [0.717, 1.165) is 26.1 Å². The molecule has 0 radical (unpaired) electrons. The van der Waals surface area contributed by atoms with Crippen LogP contribution in [-0.4, -0.2) is 49.4 Å². The van der Waals surface area contributed by atoms with Crippen LogP contribution >= 0.6 is 12.4 Å². The van der Waals surface area contributed by atoms with Crippen LogP contribution in [0.3, 0.4) is 0 Å². The quantitative estimate of drug-likeness (QED) is 0.821. The molecule has 0 aromatic carbocycles. The van der Waals surface area contributed by atoms with Crippen molar-refractivity contribution in [3.8, 4) is 0 Å². The number of carbonyl (C=O) groups excluding carboxylic acids is 2. The number of amides is 2. The lowest BCUT2D eigenvalue weighted by molar-refractivity contribution is -0.133. The van der Waals surface area contributed by atoms with Crippen LogP contribution < -0.4 is 10.6 Å². The average molecular weight is 344 g/mol. The molecular formula is C16H26ClN3O3. The second kappa shape index (κ2) is 8.93. The van der Waals surface area contributed by atoms with Gasteiger partial charge >= 0.3 is 0 Å². The van der Waals surface area contributed by atoms with Gasteiger partial charge in [-0.15, -0.1) is 12.4 Å². The Morgan fingerprint density at radius 3 is 2.74 bits per heavy atom. The summed E-state index contributed by atoms with van der Waals surface area (Å²) in [6.07, 6.45) is 2.45. The SMILES string of the molecule is CNCC1CCN(C(=O)C(NC(=O)c2ccco2)C(C)C)C1.Cl. The van der Waals surface area contributed by atoms with E-state index in [1.54, 1.807) is 12.1 Å². The lowest BCUT2D eigenvalue weighted by Gasteiger charge is -2.26. The van der Waals surface area contributed by atoms with Gasteiger partial charge in [-0.25, -0.2) is 0 Å². The van der Waals surface area contributed by atoms with Crippen LogP contribution in [0.1, 0.15) is 30.8 Å². The lowest BCUT2D eigenvalue weighted by atomic mass is 10.0. The molecule has 1 saturated heterocycles. The number of carbonyl (C=O) groups is 2. The van der Waals surface area contributed by atoms with Crippen LogP contribution in [-0.2, 0) is 4.79 Å². The van der Waals surface area contributed by atoms with Gasteiger partial charge in [0.1, 0.15) is 6.04 Å². The van der Waals surface area contributed by atoms with E-state index in [1.807, 2.05) is 25.8 Å². The van der Waals surface area contributed by atoms with Crippen molar-refractivity contribution < 1.29 is 14.0 Å². The molecular weight excluding hydrogens is 318 g/mol. The first kappa shape index (κ1) is 19.5. The molecule has 7 heteroatoms. The van der Waals surface area contributed by atoms with E-state index in [4.69, 9.17) is 4.42 Å². The zero-order valence-corrected chi connectivity index (χ0v) is 14.7. The van der Waals surface area contributed by atoms with Crippen LogP contribution in [0.4, 0.5) is 0 Å². The molecule has 1 fully saturated rings. The highest BCUT2D eigenvalue weighted by Gasteiger charge is 2.33. The molecule has 1 aliphatic rings. The normalized spacial score (nSPS) is 18.6. The van der Waals surface area contributed by atoms with Gasteiger partial charge < -0.3 is 20.0 Å². The summed E-state index contributed by atoms with van der Waals surface area (Å²) in [7, 11) is 1.92. The fraction of sp³-hybridized carbons (Fsp3) is 0.625. The van der Waals surface area contributed by atoms with Gasteiger partial charge in [0.15, 0.2) is 5.76 Å². The Labute approximate surface area is 143 Å². The van der Waals surface area contributed by atoms with Crippen molar-refractivity contribution in [2.75, 3.05) is 26.7 Å². The molecule has 2 atom stereocenters. The molecule has 0 bridgehead atoms. The number of furan rings is 1. The summed E-state index contributed by atoms with van der Waals surface area (Å²) < 4.78 is 5.08. The number of rotatable bonds is 6. The first-order valence-electron chi connectivity index (χ1n) is 7.80. The fourth-order valence-electron chi connectivity index (χ4n) is 2.82. The zero-order chi connectivity index (χ0) is 16.1. The van der Waals surface area contributed by atoms with Crippen molar-refractivity contribution in [1.29, 1.82) is 0 Å². The first-order valence-corrected chi connectivity index (χ1v) is 7.80. The minimum Gasteiger partial charge on any atom is -0.459 e. The largest absolute Gasteiger partial charge is 0.459 e. The number of hydrogen-bond donors (Lipinski definition) is 2. The van der Waals surface area contributed by atoms with E-state index in [1.165, 1.54) is 6.26 Å². The number of hydrogen-bond acceptors (Lipinski definition) is 4. The zero-order valence-electron chi connectivity index (χ0n) is 13.9. The molecule has 0 spiro atoms. The van der Waals surface area contributed by atoms with Crippen LogP contribution in [0.5, 0.6) is 0 Å². The summed E-state index contributed by atoms with van der Waals surface area (Å²) in [5.74, 6) is 0.391. The Bertz CT molecular complexity index is 505. The first-order chi connectivity index (χ1) is 10.5. The van der Waals surface area contributed by atoms with Crippen molar-refractivity contribution in [3.63, 3.8) is 0 Å². The monoisotopic (exact) mass is 343 g/mol. The van der Waals surface area contributed by atoms with Crippen LogP contribution in [0.2, 0.25) is 0 Å². The van der Waals surface area contributed by atoms with Gasteiger partial charge in [0.25, 0.3) is 5.91 Å². The summed E-state index contributed by atoms with van der Waals surface area (Å²) in [5.41, 5.74) is 0. The predicted octanol–water partition coefficient (Wildman–Crippen LogP) is 1.52. The molecule has 6 nitrogen and oxygen atoms in total. The molecule has 2 unspecified atom stereocenters. The van der Waals surface area contributed by atoms with Gasteiger partial charge in [0.2, 0.25) is 5.91 Å². The highest BCUT2D eigenvalue weighted by molar-refractivity contribution is 5.95. The van der Waals surface area contributed by atoms with Crippen LogP contribution in [0.15, 0.2) is 22.8 Å². The lowest BCUT2D eigenvalue weighted by Crippen LogP contribution is -2.50. The van der Waals surface area contributed by atoms with Gasteiger partial charge in [0, 0.05) is 13.1 Å². The van der Waals surface area contributed by atoms with Crippen LogP contribution in [0.25, 0.3) is 0 Å². The standard InChI is InChI=1S/C16H25N3O3.ClH/c1-11(2)14(18-15(20)13-5-4-8-22-13)16(21)19-7-6-12(10-19)9-17-3;/h4-5,8,11-12,14,17H,6-7,9-10H2,1-3H3,(H,18,20);1H. The molecule has 2 rings (SSSR count). The van der Waals surface area contributed by atoms with Crippen LogP contribution in [0, 0.1) is 11.8 Å². The molecule has 23 heavy (non-hydrogen) atoms. The Kier molecular flexibility index (Phi) is 7.58. The van der Waals surface area contributed by atoms with Gasteiger partial charge in [-0.2, -0.15) is 0 Å². The molecule has 1 aliphatic heterocycles. The van der Waals surface area contributed by atoms with E-state index in [9.17, 15) is 9.59 Å². The number of nitrogens with zero attached hydrogens (tertiary/aromatic N) is 1. The van der Waals surface area contributed by atoms with Crippen molar-refractivity contribution in [3.05, 3.63) is 24.2 Å². The second-order valence-electron chi connectivity index (χ2n) is 6.17. The third kappa shape index (κ3) is 4.97. The Balaban J connectivity index is 0.00000264. The van der Waals surface area contributed by atoms with Gasteiger partial charge in [-0.3, -0.25) is 9.59 Å². The van der Waals surface area contributed by atoms with Crippen molar-refractivity contribution in [2.45, 2.75) is 26.3 Å². The third-order valence-electron chi connectivity index (χ3n) is 4.05. The summed E-state index contributed by atoms with van der Waals surface area (Å²) in [6, 6.07) is 2.73. The molecule has 2 N–H and O–H groups in total. The number of halogens is 1. The molecule has 1 aromatic heterocycles. The molecule has 130 valence electrons. The molecule has 0 saturated carbocycles. The topological polar surface area (TPSA) is 74.6 Å². The molecule has 0 aliphatic carbocycles. The van der Waals surface area contributed by atoms with E-state index < -0.39 is 6.04 Å². The Hall–Kier alpha value is -1.53. The third-order valence-corrected chi connectivity index (χ3v) is 4.05. The summed E-state index contributed by atoms with van der Waals surface area (Å²) in [6.45, 7) is 6.29. The molecule has 2 amide bonds. The van der Waals surface area contributed by atoms with E-state index in [-0.39, 0.29) is 35.9 Å². The van der Waals surface area contributed by atoms with Crippen molar-refractivity contribution >= 4 is 24.2 Å². The predicted molar refractivity (Wildman–Crippen MR) is 90.7 cm³/mol. The van der Waals surface area contributed by atoms with E-state index in [0.29, 0.717) is 5.92 Å². The smallest absolute Gasteiger partial charge is 0.287 e. The highest BCUT2D eigenvalue weighted by atomic mass is 35.5. The van der Waals surface area contributed by atoms with Gasteiger partial charge in [-0.1, -0.05) is 13.8 Å². The summed E-state index contributed by atoms with van der Waals surface area (Å²) >= 11 is 0. The maximum Gasteiger partial charge on any atom is 0.287 e. The minimum absolute atomic E-state index is 0. The fourth-order valence-corrected chi connectivity index (χ4v) is 2.82. The van der Waals surface area contributed by atoms with Crippen molar-refractivity contribution in [2.24, 2.45) is 11.8 Å². The maximum atomic E-state index is 12.7. The number of nitrogens with one attached hydrogen (secondary N) is 2. The summed E-state index contributed by atoms with van der Waals surface area (Å²) in [4.78, 5) is 26.7. The maximum absolute atomic E-state index is 12.7. The molecule has 1 aromatic rings. The average Bonchev–Trinajstić information content (AvgIpc) is 3.15. The molecule has 2 heterocycles. The van der Waals surface area contributed by atoms with Gasteiger partial charge in [-0.05, 0) is 44.0 Å². The van der Waals surface area contributed by atoms with Gasteiger partial charge in [0.05, 0.1) is 6.26 Å². The van der Waals surface area contributed by atoms with Crippen molar-refractivity contribution in [1.82, 2.24) is 15.5 Å². The van der Waals surface area contributed by atoms with E-state index >= 15 is 0 Å². The highest BCUT2D eigenvalue weighted by Crippen LogP contribution is 2.18. The number of likely N-dealkylation sites (tertiary alicyclic amines) is 1. The van der Waals surface area contributed by atoms with E-state index in [2.05, 4.69) is 10.6 Å².